The normalized spacial score (nSPS) is 14.1. The van der Waals surface area contributed by atoms with Crippen molar-refractivity contribution in [1.29, 1.82) is 0 Å². The van der Waals surface area contributed by atoms with Gasteiger partial charge in [0.25, 0.3) is 0 Å². The molecule has 3 aromatic rings. The number of carbonyl (C=O) groups is 1. The zero-order valence-electron chi connectivity index (χ0n) is 18.5. The molecule has 0 atom stereocenters. The second kappa shape index (κ2) is 10.1. The van der Waals surface area contributed by atoms with E-state index in [0.717, 1.165) is 48.7 Å². The van der Waals surface area contributed by atoms with Crippen LogP contribution in [0.3, 0.4) is 0 Å². The lowest BCUT2D eigenvalue weighted by atomic mass is 9.96. The molecule has 0 spiro atoms. The SMILES string of the molecule is CN(C)c1cccc(Nc2ccc(N3CCC(C(=O)NCc4cccnc4)CC3)nn2)c1. The van der Waals surface area contributed by atoms with Crippen molar-refractivity contribution in [3.63, 3.8) is 0 Å². The second-order valence-corrected chi connectivity index (χ2v) is 8.19. The van der Waals surface area contributed by atoms with Crippen LogP contribution < -0.4 is 20.4 Å². The van der Waals surface area contributed by atoms with Crippen LogP contribution in [0.4, 0.5) is 23.0 Å². The Hall–Kier alpha value is -3.68. The Labute approximate surface area is 188 Å². The molecular weight excluding hydrogens is 402 g/mol. The molecule has 8 heteroatoms. The summed E-state index contributed by atoms with van der Waals surface area (Å²) in [6.45, 7) is 2.10. The van der Waals surface area contributed by atoms with E-state index in [4.69, 9.17) is 0 Å². The average molecular weight is 432 g/mol. The number of benzene rings is 1. The lowest BCUT2D eigenvalue weighted by Crippen LogP contribution is -2.40. The van der Waals surface area contributed by atoms with Crippen molar-refractivity contribution >= 4 is 28.9 Å². The molecular formula is C24H29N7O. The molecule has 2 aromatic heterocycles. The fourth-order valence-corrected chi connectivity index (χ4v) is 3.78. The number of hydrogen-bond acceptors (Lipinski definition) is 7. The van der Waals surface area contributed by atoms with Gasteiger partial charge in [-0.2, -0.15) is 0 Å². The van der Waals surface area contributed by atoms with Gasteiger partial charge in [0.15, 0.2) is 11.6 Å². The first-order valence-electron chi connectivity index (χ1n) is 10.9. The number of nitrogens with zero attached hydrogens (tertiary/aromatic N) is 5. The summed E-state index contributed by atoms with van der Waals surface area (Å²) in [6.07, 6.45) is 5.12. The third-order valence-corrected chi connectivity index (χ3v) is 5.66. The fraction of sp³-hybridized carbons (Fsp3) is 0.333. The number of piperidine rings is 1. The Morgan fingerprint density at radius 1 is 1.09 bits per heavy atom. The van der Waals surface area contributed by atoms with Crippen LogP contribution >= 0.6 is 0 Å². The molecule has 0 saturated carbocycles. The highest BCUT2D eigenvalue weighted by molar-refractivity contribution is 5.79. The standard InChI is InChI=1S/C24H29N7O/c1-30(2)21-7-3-6-20(15-21)27-22-8-9-23(29-28-22)31-13-10-19(11-14-31)24(32)26-17-18-5-4-12-25-16-18/h3-9,12,15-16,19H,10-11,13-14,17H2,1-2H3,(H,26,32)(H,27,28). The number of amides is 1. The molecule has 8 nitrogen and oxygen atoms in total. The third kappa shape index (κ3) is 5.51. The topological polar surface area (TPSA) is 86.3 Å². The van der Waals surface area contributed by atoms with Crippen molar-refractivity contribution < 1.29 is 4.79 Å². The Morgan fingerprint density at radius 3 is 2.62 bits per heavy atom. The molecule has 32 heavy (non-hydrogen) atoms. The van der Waals surface area contributed by atoms with Crippen LogP contribution in [-0.2, 0) is 11.3 Å². The molecule has 0 radical (unpaired) electrons. The predicted molar refractivity (Wildman–Crippen MR) is 127 cm³/mol. The summed E-state index contributed by atoms with van der Waals surface area (Å²) in [5.74, 6) is 1.68. The number of aromatic nitrogens is 3. The average Bonchev–Trinajstić information content (AvgIpc) is 2.84. The van der Waals surface area contributed by atoms with E-state index in [-0.39, 0.29) is 11.8 Å². The van der Waals surface area contributed by atoms with Gasteiger partial charge in [-0.05, 0) is 54.8 Å². The summed E-state index contributed by atoms with van der Waals surface area (Å²) < 4.78 is 0. The van der Waals surface area contributed by atoms with Crippen molar-refractivity contribution in [2.24, 2.45) is 5.92 Å². The molecule has 4 rings (SSSR count). The Morgan fingerprint density at radius 2 is 1.94 bits per heavy atom. The zero-order chi connectivity index (χ0) is 22.3. The number of pyridine rings is 1. The maximum Gasteiger partial charge on any atom is 0.223 e. The van der Waals surface area contributed by atoms with Crippen LogP contribution in [0.1, 0.15) is 18.4 Å². The van der Waals surface area contributed by atoms with Gasteiger partial charge in [0, 0.05) is 63.4 Å². The summed E-state index contributed by atoms with van der Waals surface area (Å²) in [7, 11) is 4.03. The van der Waals surface area contributed by atoms with Gasteiger partial charge < -0.3 is 20.4 Å². The molecule has 1 aromatic carbocycles. The molecule has 0 aliphatic carbocycles. The molecule has 2 N–H and O–H groups in total. The van der Waals surface area contributed by atoms with Crippen molar-refractivity contribution in [2.45, 2.75) is 19.4 Å². The molecule has 0 unspecified atom stereocenters. The van der Waals surface area contributed by atoms with Gasteiger partial charge in [0.2, 0.25) is 5.91 Å². The first kappa shape index (κ1) is 21.5. The van der Waals surface area contributed by atoms with Crippen LogP contribution in [0, 0.1) is 5.92 Å². The number of nitrogens with one attached hydrogen (secondary N) is 2. The van der Waals surface area contributed by atoms with E-state index in [9.17, 15) is 4.79 Å². The Bertz CT molecular complexity index is 1020. The number of anilines is 4. The van der Waals surface area contributed by atoms with E-state index < -0.39 is 0 Å². The third-order valence-electron chi connectivity index (χ3n) is 5.66. The summed E-state index contributed by atoms with van der Waals surface area (Å²) in [5.41, 5.74) is 3.10. The molecule has 166 valence electrons. The Kier molecular flexibility index (Phi) is 6.79. The van der Waals surface area contributed by atoms with Gasteiger partial charge >= 0.3 is 0 Å². The van der Waals surface area contributed by atoms with Gasteiger partial charge in [0.1, 0.15) is 0 Å². The van der Waals surface area contributed by atoms with Gasteiger partial charge in [-0.25, -0.2) is 0 Å². The van der Waals surface area contributed by atoms with E-state index in [2.05, 4.69) is 47.7 Å². The van der Waals surface area contributed by atoms with Crippen LogP contribution in [0.2, 0.25) is 0 Å². The summed E-state index contributed by atoms with van der Waals surface area (Å²) in [6, 6.07) is 15.9. The highest BCUT2D eigenvalue weighted by Gasteiger charge is 2.25. The van der Waals surface area contributed by atoms with Gasteiger partial charge in [0.05, 0.1) is 0 Å². The number of carbonyl (C=O) groups excluding carboxylic acids is 1. The highest BCUT2D eigenvalue weighted by Crippen LogP contribution is 2.24. The molecule has 3 heterocycles. The quantitative estimate of drug-likeness (QED) is 0.594. The number of hydrogen-bond donors (Lipinski definition) is 2. The van der Waals surface area contributed by atoms with Crippen LogP contribution in [0.5, 0.6) is 0 Å². The minimum absolute atomic E-state index is 0.0285. The van der Waals surface area contributed by atoms with Gasteiger partial charge in [-0.15, -0.1) is 10.2 Å². The van der Waals surface area contributed by atoms with E-state index in [1.807, 2.05) is 50.5 Å². The van der Waals surface area contributed by atoms with Gasteiger partial charge in [-0.1, -0.05) is 12.1 Å². The zero-order valence-corrected chi connectivity index (χ0v) is 18.5. The van der Waals surface area contributed by atoms with Crippen molar-refractivity contribution in [2.75, 3.05) is 42.3 Å². The van der Waals surface area contributed by atoms with Gasteiger partial charge in [-0.3, -0.25) is 9.78 Å². The van der Waals surface area contributed by atoms with E-state index in [1.54, 1.807) is 12.4 Å². The number of rotatable bonds is 7. The van der Waals surface area contributed by atoms with Crippen LogP contribution in [-0.4, -0.2) is 48.3 Å². The highest BCUT2D eigenvalue weighted by atomic mass is 16.1. The molecule has 1 aliphatic heterocycles. The van der Waals surface area contributed by atoms with E-state index in [1.165, 1.54) is 0 Å². The van der Waals surface area contributed by atoms with Crippen LogP contribution in [0.25, 0.3) is 0 Å². The van der Waals surface area contributed by atoms with Crippen molar-refractivity contribution in [3.8, 4) is 0 Å². The summed E-state index contributed by atoms with van der Waals surface area (Å²) in [4.78, 5) is 20.8. The second-order valence-electron chi connectivity index (χ2n) is 8.19. The minimum Gasteiger partial charge on any atom is -0.378 e. The van der Waals surface area contributed by atoms with E-state index >= 15 is 0 Å². The summed E-state index contributed by atoms with van der Waals surface area (Å²) in [5, 5.41) is 15.1. The fourth-order valence-electron chi connectivity index (χ4n) is 3.78. The lowest BCUT2D eigenvalue weighted by Gasteiger charge is -2.31. The molecule has 1 saturated heterocycles. The first-order valence-corrected chi connectivity index (χ1v) is 10.9. The van der Waals surface area contributed by atoms with E-state index in [0.29, 0.717) is 12.4 Å². The molecule has 1 amide bonds. The van der Waals surface area contributed by atoms with Crippen molar-refractivity contribution in [1.82, 2.24) is 20.5 Å². The first-order chi connectivity index (χ1) is 15.6. The van der Waals surface area contributed by atoms with Crippen LogP contribution in [0.15, 0.2) is 60.9 Å². The van der Waals surface area contributed by atoms with Crippen molar-refractivity contribution in [3.05, 3.63) is 66.5 Å². The lowest BCUT2D eigenvalue weighted by molar-refractivity contribution is -0.125. The minimum atomic E-state index is 0.0285. The monoisotopic (exact) mass is 431 g/mol. The molecule has 1 fully saturated rings. The molecule has 0 bridgehead atoms. The predicted octanol–water partition coefficient (Wildman–Crippen LogP) is 3.21. The largest absolute Gasteiger partial charge is 0.378 e. The smallest absolute Gasteiger partial charge is 0.223 e. The summed E-state index contributed by atoms with van der Waals surface area (Å²) >= 11 is 0. The maximum absolute atomic E-state index is 12.5. The maximum atomic E-state index is 12.5. The molecule has 1 aliphatic rings. The Balaban J connectivity index is 1.27.